The maximum Gasteiger partial charge on any atom is 0.129 e. The molecule has 0 spiro atoms. The zero-order valence-corrected chi connectivity index (χ0v) is 12.0. The smallest absolute Gasteiger partial charge is 0.129 e. The van der Waals surface area contributed by atoms with Gasteiger partial charge in [-0.25, -0.2) is 8.78 Å². The van der Waals surface area contributed by atoms with E-state index in [-0.39, 0.29) is 17.1 Å². The summed E-state index contributed by atoms with van der Waals surface area (Å²) in [5.74, 6) is -2.19. The Kier molecular flexibility index (Phi) is 4.29. The van der Waals surface area contributed by atoms with Crippen molar-refractivity contribution in [3.05, 3.63) is 48.1 Å². The second-order valence-corrected chi connectivity index (χ2v) is 5.28. The van der Waals surface area contributed by atoms with Crippen molar-refractivity contribution < 1.29 is 13.9 Å². The number of hydrogen-bond acceptors (Lipinski definition) is 4. The van der Waals surface area contributed by atoms with Crippen LogP contribution >= 0.6 is 12.2 Å². The highest BCUT2D eigenvalue weighted by atomic mass is 32.1. The first-order valence-electron chi connectivity index (χ1n) is 6.14. The lowest BCUT2D eigenvalue weighted by Gasteiger charge is -2.34. The number of rotatable bonds is 5. The largest absolute Gasteiger partial charge is 0.393 e. The van der Waals surface area contributed by atoms with Crippen molar-refractivity contribution in [1.29, 1.82) is 0 Å². The molecule has 0 radical (unpaired) electrons. The molecule has 0 bridgehead atoms. The molecule has 2 atom stereocenters. The fourth-order valence-corrected chi connectivity index (χ4v) is 2.30. The monoisotopic (exact) mass is 312 g/mol. The van der Waals surface area contributed by atoms with Crippen molar-refractivity contribution in [2.24, 2.45) is 11.7 Å². The third-order valence-corrected chi connectivity index (χ3v) is 3.78. The molecule has 8 heteroatoms. The molecule has 2 rings (SSSR count). The number of aliphatic hydroxyl groups is 1. The number of hydrogen-bond donors (Lipinski definition) is 2. The quantitative estimate of drug-likeness (QED) is 0.815. The Balaban J connectivity index is 2.54. The van der Waals surface area contributed by atoms with E-state index in [1.807, 2.05) is 0 Å². The van der Waals surface area contributed by atoms with Crippen molar-refractivity contribution in [2.75, 3.05) is 0 Å². The fourth-order valence-electron chi connectivity index (χ4n) is 2.10. The predicted octanol–water partition coefficient (Wildman–Crippen LogP) is 1.37. The molecule has 1 heterocycles. The van der Waals surface area contributed by atoms with Gasteiger partial charge < -0.3 is 15.4 Å². The second-order valence-electron chi connectivity index (χ2n) is 4.81. The van der Waals surface area contributed by atoms with E-state index in [1.165, 1.54) is 17.2 Å². The molecule has 21 heavy (non-hydrogen) atoms. The molecule has 5 nitrogen and oxygen atoms in total. The maximum atomic E-state index is 14.1. The van der Waals surface area contributed by atoms with Crippen LogP contribution in [0.15, 0.2) is 30.9 Å². The highest BCUT2D eigenvalue weighted by Crippen LogP contribution is 2.34. The minimum atomic E-state index is -1.82. The van der Waals surface area contributed by atoms with Crippen LogP contribution in [0.25, 0.3) is 0 Å². The molecule has 0 amide bonds. The van der Waals surface area contributed by atoms with Gasteiger partial charge in [-0.15, -0.1) is 10.2 Å². The van der Waals surface area contributed by atoms with Gasteiger partial charge >= 0.3 is 0 Å². The summed E-state index contributed by atoms with van der Waals surface area (Å²) in [7, 11) is 0. The molecule has 0 aliphatic carbocycles. The normalized spacial score (nSPS) is 15.4. The molecule has 0 saturated heterocycles. The molecule has 112 valence electrons. The van der Waals surface area contributed by atoms with Crippen molar-refractivity contribution in [2.45, 2.75) is 19.1 Å². The summed E-state index contributed by atoms with van der Waals surface area (Å²) in [6.45, 7) is 1.44. The molecule has 3 N–H and O–H groups in total. The lowest BCUT2D eigenvalue weighted by Crippen LogP contribution is -2.44. The highest BCUT2D eigenvalue weighted by Gasteiger charge is 2.40. The number of nitrogens with two attached hydrogens (primary N) is 1. The lowest BCUT2D eigenvalue weighted by atomic mass is 9.81. The third kappa shape index (κ3) is 3.06. The van der Waals surface area contributed by atoms with Gasteiger partial charge in [-0.2, -0.15) is 0 Å². The van der Waals surface area contributed by atoms with Crippen LogP contribution in [0.2, 0.25) is 0 Å². The van der Waals surface area contributed by atoms with Gasteiger partial charge in [0.05, 0.1) is 11.5 Å². The lowest BCUT2D eigenvalue weighted by molar-refractivity contribution is -0.0125. The molecule has 2 aromatic rings. The molecule has 0 unspecified atom stereocenters. The Morgan fingerprint density at radius 2 is 2.05 bits per heavy atom. The average molecular weight is 312 g/mol. The van der Waals surface area contributed by atoms with Crippen LogP contribution in [0, 0.1) is 17.6 Å². The van der Waals surface area contributed by atoms with Gasteiger partial charge in [0, 0.05) is 11.5 Å². The van der Waals surface area contributed by atoms with Crippen LogP contribution in [0.3, 0.4) is 0 Å². The second kappa shape index (κ2) is 5.82. The average Bonchev–Trinajstić information content (AvgIpc) is 2.93. The third-order valence-electron chi connectivity index (χ3n) is 3.43. The zero-order chi connectivity index (χ0) is 15.6. The Morgan fingerprint density at radius 1 is 1.43 bits per heavy atom. The zero-order valence-electron chi connectivity index (χ0n) is 11.2. The van der Waals surface area contributed by atoms with Crippen molar-refractivity contribution >= 4 is 17.2 Å². The topological polar surface area (TPSA) is 77.0 Å². The fraction of sp³-hybridized carbons (Fsp3) is 0.308. The van der Waals surface area contributed by atoms with Crippen LogP contribution in [-0.4, -0.2) is 24.9 Å². The van der Waals surface area contributed by atoms with Gasteiger partial charge in [0.25, 0.3) is 0 Å². The Bertz CT molecular complexity index is 650. The summed E-state index contributed by atoms with van der Waals surface area (Å²) in [4.78, 5) is -0.00534. The molecule has 0 aliphatic rings. The van der Waals surface area contributed by atoms with E-state index in [0.29, 0.717) is 0 Å². The van der Waals surface area contributed by atoms with E-state index in [9.17, 15) is 13.9 Å². The number of halogens is 2. The van der Waals surface area contributed by atoms with Crippen LogP contribution in [0.4, 0.5) is 8.78 Å². The van der Waals surface area contributed by atoms with E-state index < -0.39 is 23.2 Å². The van der Waals surface area contributed by atoms with Crippen LogP contribution in [0.5, 0.6) is 0 Å². The first-order chi connectivity index (χ1) is 9.84. The van der Waals surface area contributed by atoms with Crippen molar-refractivity contribution in [3.8, 4) is 0 Å². The van der Waals surface area contributed by atoms with Crippen LogP contribution < -0.4 is 5.73 Å². The maximum absolute atomic E-state index is 14.1. The molecular formula is C13H14F2N4OS. The van der Waals surface area contributed by atoms with Crippen molar-refractivity contribution in [1.82, 2.24) is 14.8 Å². The first kappa shape index (κ1) is 15.5. The summed E-state index contributed by atoms with van der Waals surface area (Å²) < 4.78 is 29.0. The SMILES string of the molecule is C[C@@H](C(N)=S)[C@](O)(Cn1cnnc1)c1cc(F)ccc1F. The summed E-state index contributed by atoms with van der Waals surface area (Å²) in [6.07, 6.45) is 2.71. The summed E-state index contributed by atoms with van der Waals surface area (Å²) in [5.41, 5.74) is 3.56. The first-order valence-corrected chi connectivity index (χ1v) is 6.55. The van der Waals surface area contributed by atoms with Crippen molar-refractivity contribution in [3.63, 3.8) is 0 Å². The number of aromatic nitrogens is 3. The van der Waals surface area contributed by atoms with Gasteiger partial charge in [0.2, 0.25) is 0 Å². The molecular weight excluding hydrogens is 298 g/mol. The minimum absolute atomic E-state index is 0.00534. The Labute approximate surface area is 125 Å². The minimum Gasteiger partial charge on any atom is -0.393 e. The Hall–Kier alpha value is -1.93. The molecule has 0 aliphatic heterocycles. The molecule has 0 fully saturated rings. The molecule has 0 saturated carbocycles. The molecule has 1 aromatic carbocycles. The molecule has 1 aromatic heterocycles. The van der Waals surface area contributed by atoms with Gasteiger partial charge in [0.1, 0.15) is 29.9 Å². The number of thiocarbonyl (C=S) groups is 1. The van der Waals surface area contributed by atoms with E-state index in [4.69, 9.17) is 18.0 Å². The van der Waals surface area contributed by atoms with Crippen LogP contribution in [0.1, 0.15) is 12.5 Å². The van der Waals surface area contributed by atoms with Gasteiger partial charge in [0.15, 0.2) is 0 Å². The summed E-state index contributed by atoms with van der Waals surface area (Å²) in [6, 6.07) is 2.87. The Morgan fingerprint density at radius 3 is 2.62 bits per heavy atom. The predicted molar refractivity (Wildman–Crippen MR) is 76.2 cm³/mol. The standard InChI is InChI=1S/C13H14F2N4OS/c1-8(12(16)21)13(20,5-19-6-17-18-7-19)10-4-9(14)2-3-11(10)15/h2-4,6-8,20H,5H2,1H3,(H2,16,21)/t8-,13+/m0/s1. The van der Waals surface area contributed by atoms with E-state index in [0.717, 1.165) is 18.2 Å². The summed E-state index contributed by atoms with van der Waals surface area (Å²) >= 11 is 4.90. The van der Waals surface area contributed by atoms with Gasteiger partial charge in [-0.3, -0.25) is 0 Å². The van der Waals surface area contributed by atoms with E-state index in [1.54, 1.807) is 6.92 Å². The number of nitrogens with zero attached hydrogens (tertiary/aromatic N) is 3. The highest BCUT2D eigenvalue weighted by molar-refractivity contribution is 7.80. The van der Waals surface area contributed by atoms with Gasteiger partial charge in [-0.1, -0.05) is 19.1 Å². The van der Waals surface area contributed by atoms with E-state index >= 15 is 0 Å². The van der Waals surface area contributed by atoms with Crippen LogP contribution in [-0.2, 0) is 12.1 Å². The number of benzene rings is 1. The van der Waals surface area contributed by atoms with E-state index in [2.05, 4.69) is 10.2 Å². The van der Waals surface area contributed by atoms with Gasteiger partial charge in [-0.05, 0) is 18.2 Å². The summed E-state index contributed by atoms with van der Waals surface area (Å²) in [5, 5.41) is 18.2.